The Labute approximate surface area is 114 Å². The number of methoxy groups -OCH3 is 1. The molecule has 0 heterocycles. The lowest BCUT2D eigenvalue weighted by atomic mass is 9.99. The molecular formula is C15H23NO3. The molecule has 0 bridgehead atoms. The lowest BCUT2D eigenvalue weighted by Crippen LogP contribution is -2.27. The molecule has 0 amide bonds. The van der Waals surface area contributed by atoms with E-state index in [1.165, 1.54) is 0 Å². The van der Waals surface area contributed by atoms with Gasteiger partial charge in [0.05, 0.1) is 5.92 Å². The number of hydrogen-bond acceptors (Lipinski definition) is 3. The van der Waals surface area contributed by atoms with Gasteiger partial charge in [0.15, 0.2) is 0 Å². The van der Waals surface area contributed by atoms with E-state index in [-0.39, 0.29) is 0 Å². The summed E-state index contributed by atoms with van der Waals surface area (Å²) in [4.78, 5) is 11.2. The van der Waals surface area contributed by atoms with Crippen LogP contribution < -0.4 is 5.32 Å². The zero-order chi connectivity index (χ0) is 13.9. The predicted molar refractivity (Wildman–Crippen MR) is 75.4 cm³/mol. The fourth-order valence-corrected chi connectivity index (χ4v) is 1.95. The molecule has 106 valence electrons. The van der Waals surface area contributed by atoms with E-state index in [2.05, 4.69) is 5.32 Å². The lowest BCUT2D eigenvalue weighted by Gasteiger charge is -2.13. The van der Waals surface area contributed by atoms with Crippen LogP contribution in [0.1, 0.15) is 30.7 Å². The Bertz CT molecular complexity index is 354. The van der Waals surface area contributed by atoms with Crippen molar-refractivity contribution in [3.8, 4) is 0 Å². The Morgan fingerprint density at radius 3 is 2.63 bits per heavy atom. The van der Waals surface area contributed by atoms with Gasteiger partial charge in [0.1, 0.15) is 0 Å². The summed E-state index contributed by atoms with van der Waals surface area (Å²) in [5.74, 6) is -1.25. The maximum Gasteiger partial charge on any atom is 0.312 e. The Morgan fingerprint density at radius 2 is 2.00 bits per heavy atom. The number of benzene rings is 1. The molecule has 0 radical (unpaired) electrons. The van der Waals surface area contributed by atoms with Gasteiger partial charge in [0.2, 0.25) is 0 Å². The van der Waals surface area contributed by atoms with Gasteiger partial charge in [0.25, 0.3) is 0 Å². The van der Waals surface area contributed by atoms with Crippen LogP contribution in [-0.2, 0) is 9.53 Å². The summed E-state index contributed by atoms with van der Waals surface area (Å²) >= 11 is 0. The first-order valence-electron chi connectivity index (χ1n) is 6.73. The van der Waals surface area contributed by atoms with Crippen LogP contribution in [0.15, 0.2) is 30.3 Å². The van der Waals surface area contributed by atoms with Crippen LogP contribution in [-0.4, -0.2) is 37.9 Å². The number of rotatable bonds is 10. The Morgan fingerprint density at radius 1 is 1.26 bits per heavy atom. The van der Waals surface area contributed by atoms with Crippen molar-refractivity contribution < 1.29 is 14.6 Å². The first kappa shape index (κ1) is 15.7. The third kappa shape index (κ3) is 6.36. The lowest BCUT2D eigenvalue weighted by molar-refractivity contribution is -0.138. The molecule has 1 aromatic carbocycles. The molecule has 0 saturated carbocycles. The van der Waals surface area contributed by atoms with Gasteiger partial charge in [-0.25, -0.2) is 0 Å². The SMILES string of the molecule is COCCCCCNCC(C(=O)O)c1ccccc1. The molecule has 4 nitrogen and oxygen atoms in total. The normalized spacial score (nSPS) is 12.3. The number of nitrogens with one attached hydrogen (secondary N) is 1. The minimum Gasteiger partial charge on any atom is -0.481 e. The molecule has 0 spiro atoms. The van der Waals surface area contributed by atoms with Gasteiger partial charge in [-0.2, -0.15) is 0 Å². The summed E-state index contributed by atoms with van der Waals surface area (Å²) in [7, 11) is 1.70. The largest absolute Gasteiger partial charge is 0.481 e. The predicted octanol–water partition coefficient (Wildman–Crippen LogP) is 2.26. The van der Waals surface area contributed by atoms with Crippen LogP contribution in [0.3, 0.4) is 0 Å². The molecule has 1 atom stereocenters. The van der Waals surface area contributed by atoms with E-state index in [0.717, 1.165) is 38.0 Å². The van der Waals surface area contributed by atoms with Crippen molar-refractivity contribution in [2.75, 3.05) is 26.8 Å². The van der Waals surface area contributed by atoms with Gasteiger partial charge in [-0.15, -0.1) is 0 Å². The molecule has 0 aliphatic heterocycles. The number of aliphatic carboxylic acids is 1. The fraction of sp³-hybridized carbons (Fsp3) is 0.533. The second-order valence-corrected chi connectivity index (χ2v) is 4.56. The van der Waals surface area contributed by atoms with Crippen molar-refractivity contribution in [1.29, 1.82) is 0 Å². The van der Waals surface area contributed by atoms with Crippen LogP contribution in [0.5, 0.6) is 0 Å². The van der Waals surface area contributed by atoms with E-state index in [4.69, 9.17) is 4.74 Å². The van der Waals surface area contributed by atoms with Gasteiger partial charge < -0.3 is 15.2 Å². The molecule has 1 unspecified atom stereocenters. The number of carboxylic acids is 1. The Hall–Kier alpha value is -1.39. The number of carbonyl (C=O) groups is 1. The maximum atomic E-state index is 11.2. The monoisotopic (exact) mass is 265 g/mol. The van der Waals surface area contributed by atoms with Crippen LogP contribution in [0, 0.1) is 0 Å². The molecule has 0 aromatic heterocycles. The van der Waals surface area contributed by atoms with E-state index in [9.17, 15) is 9.90 Å². The van der Waals surface area contributed by atoms with E-state index in [1.54, 1.807) is 7.11 Å². The van der Waals surface area contributed by atoms with E-state index in [0.29, 0.717) is 6.54 Å². The van der Waals surface area contributed by atoms with Crippen LogP contribution in [0.25, 0.3) is 0 Å². The van der Waals surface area contributed by atoms with Crippen molar-refractivity contribution in [2.45, 2.75) is 25.2 Å². The third-order valence-corrected chi connectivity index (χ3v) is 3.05. The second-order valence-electron chi connectivity index (χ2n) is 4.56. The van der Waals surface area contributed by atoms with E-state index >= 15 is 0 Å². The molecule has 0 fully saturated rings. The van der Waals surface area contributed by atoms with Crippen LogP contribution >= 0.6 is 0 Å². The van der Waals surface area contributed by atoms with Crippen LogP contribution in [0.2, 0.25) is 0 Å². The summed E-state index contributed by atoms with van der Waals surface area (Å²) in [6.07, 6.45) is 3.20. The second kappa shape index (κ2) is 9.53. The van der Waals surface area contributed by atoms with Gasteiger partial charge in [-0.1, -0.05) is 30.3 Å². The standard InChI is InChI=1S/C15H23NO3/c1-19-11-7-3-6-10-16-12-14(15(17)18)13-8-4-2-5-9-13/h2,4-5,8-9,14,16H,3,6-7,10-12H2,1H3,(H,17,18). The minimum absolute atomic E-state index is 0.472. The van der Waals surface area contributed by atoms with Crippen molar-refractivity contribution in [3.05, 3.63) is 35.9 Å². The minimum atomic E-state index is -0.780. The van der Waals surface area contributed by atoms with Gasteiger partial charge >= 0.3 is 5.97 Å². The highest BCUT2D eigenvalue weighted by Gasteiger charge is 2.18. The summed E-state index contributed by atoms with van der Waals surface area (Å²) in [5, 5.41) is 12.5. The molecule has 4 heteroatoms. The maximum absolute atomic E-state index is 11.2. The summed E-state index contributed by atoms with van der Waals surface area (Å²) in [6, 6.07) is 9.36. The van der Waals surface area contributed by atoms with Gasteiger partial charge in [-0.05, 0) is 31.4 Å². The molecule has 0 aliphatic carbocycles. The third-order valence-electron chi connectivity index (χ3n) is 3.05. The highest BCUT2D eigenvalue weighted by Crippen LogP contribution is 2.14. The molecule has 0 aliphatic rings. The number of unbranched alkanes of at least 4 members (excludes halogenated alkanes) is 2. The molecular weight excluding hydrogens is 242 g/mol. The van der Waals surface area contributed by atoms with Crippen LogP contribution in [0.4, 0.5) is 0 Å². The van der Waals surface area contributed by atoms with Gasteiger partial charge in [-0.3, -0.25) is 4.79 Å². The Balaban J connectivity index is 2.26. The van der Waals surface area contributed by atoms with E-state index in [1.807, 2.05) is 30.3 Å². The summed E-state index contributed by atoms with van der Waals surface area (Å²) in [5.41, 5.74) is 0.849. The van der Waals surface area contributed by atoms with Gasteiger partial charge in [0, 0.05) is 20.3 Å². The number of hydrogen-bond donors (Lipinski definition) is 2. The molecule has 0 saturated heterocycles. The average Bonchev–Trinajstić information content (AvgIpc) is 2.42. The highest BCUT2D eigenvalue weighted by atomic mass is 16.5. The van der Waals surface area contributed by atoms with Crippen molar-refractivity contribution in [2.24, 2.45) is 0 Å². The first-order chi connectivity index (χ1) is 9.25. The number of carboxylic acid groups (broad SMARTS) is 1. The molecule has 2 N–H and O–H groups in total. The number of ether oxygens (including phenoxy) is 1. The smallest absolute Gasteiger partial charge is 0.312 e. The average molecular weight is 265 g/mol. The molecule has 19 heavy (non-hydrogen) atoms. The quantitative estimate of drug-likeness (QED) is 0.637. The fourth-order valence-electron chi connectivity index (χ4n) is 1.95. The van der Waals surface area contributed by atoms with Crippen molar-refractivity contribution in [1.82, 2.24) is 5.32 Å². The summed E-state index contributed by atoms with van der Waals surface area (Å²) in [6.45, 7) is 2.12. The zero-order valence-corrected chi connectivity index (χ0v) is 11.5. The zero-order valence-electron chi connectivity index (χ0n) is 11.5. The topological polar surface area (TPSA) is 58.6 Å². The van der Waals surface area contributed by atoms with E-state index < -0.39 is 11.9 Å². The Kier molecular flexibility index (Phi) is 7.86. The van der Waals surface area contributed by atoms with Crippen molar-refractivity contribution >= 4 is 5.97 Å². The molecule has 1 aromatic rings. The molecule has 1 rings (SSSR count). The first-order valence-corrected chi connectivity index (χ1v) is 6.73. The summed E-state index contributed by atoms with van der Waals surface area (Å²) < 4.78 is 4.98. The van der Waals surface area contributed by atoms with Crippen molar-refractivity contribution in [3.63, 3.8) is 0 Å². The highest BCUT2D eigenvalue weighted by molar-refractivity contribution is 5.76.